The van der Waals surface area contributed by atoms with Crippen LogP contribution >= 0.6 is 0 Å². The molecule has 1 atom stereocenters. The van der Waals surface area contributed by atoms with Gasteiger partial charge >= 0.3 is 0 Å². The minimum Gasteiger partial charge on any atom is -0.493 e. The quantitative estimate of drug-likeness (QED) is 0.878. The first kappa shape index (κ1) is 14.4. The molecule has 0 aliphatic rings. The number of aryl methyl sites for hydroxylation is 1. The van der Waals surface area contributed by atoms with E-state index in [1.54, 1.807) is 14.2 Å². The van der Waals surface area contributed by atoms with Crippen LogP contribution in [0.4, 0.5) is 0 Å². The van der Waals surface area contributed by atoms with Gasteiger partial charge in [0, 0.05) is 24.5 Å². The molecule has 1 aromatic heterocycles. The second-order valence-electron chi connectivity index (χ2n) is 4.38. The van der Waals surface area contributed by atoms with Crippen molar-refractivity contribution < 1.29 is 9.47 Å². The molecule has 0 aliphatic heterocycles. The van der Waals surface area contributed by atoms with Crippen LogP contribution in [0.2, 0.25) is 0 Å². The van der Waals surface area contributed by atoms with Crippen LogP contribution in [0, 0.1) is 0 Å². The molecular weight excluding hydrogens is 254 g/mol. The standard InChI is InChI=1S/C15H21N3O2/c1-5-18-10-9-17-15(18)13(16-2)11-7-6-8-12(19-3)14(11)20-4/h6-10,13,16H,5H2,1-4H3. The van der Waals surface area contributed by atoms with Crippen LogP contribution in [0.3, 0.4) is 0 Å². The number of para-hydroxylation sites is 1. The van der Waals surface area contributed by atoms with Gasteiger partial charge in [-0.25, -0.2) is 4.98 Å². The number of aromatic nitrogens is 2. The number of imidazole rings is 1. The summed E-state index contributed by atoms with van der Waals surface area (Å²) in [7, 11) is 5.21. The zero-order valence-electron chi connectivity index (χ0n) is 12.4. The Kier molecular flexibility index (Phi) is 4.63. The molecule has 5 heteroatoms. The van der Waals surface area contributed by atoms with Gasteiger partial charge in [-0.15, -0.1) is 0 Å². The Morgan fingerprint density at radius 3 is 2.70 bits per heavy atom. The van der Waals surface area contributed by atoms with E-state index in [-0.39, 0.29) is 6.04 Å². The zero-order valence-corrected chi connectivity index (χ0v) is 12.4. The zero-order chi connectivity index (χ0) is 14.5. The van der Waals surface area contributed by atoms with Gasteiger partial charge in [-0.2, -0.15) is 0 Å². The Balaban J connectivity index is 2.52. The van der Waals surface area contributed by atoms with Crippen molar-refractivity contribution in [3.05, 3.63) is 42.0 Å². The van der Waals surface area contributed by atoms with Crippen molar-refractivity contribution >= 4 is 0 Å². The van der Waals surface area contributed by atoms with Gasteiger partial charge in [-0.1, -0.05) is 12.1 Å². The average molecular weight is 275 g/mol. The van der Waals surface area contributed by atoms with Crippen molar-refractivity contribution in [2.24, 2.45) is 0 Å². The maximum atomic E-state index is 5.52. The molecule has 20 heavy (non-hydrogen) atoms. The molecular formula is C15H21N3O2. The molecule has 0 fully saturated rings. The van der Waals surface area contributed by atoms with Gasteiger partial charge in [-0.05, 0) is 20.0 Å². The number of ether oxygens (including phenoxy) is 2. The highest BCUT2D eigenvalue weighted by Gasteiger charge is 2.22. The van der Waals surface area contributed by atoms with Crippen molar-refractivity contribution in [1.29, 1.82) is 0 Å². The number of rotatable bonds is 6. The highest BCUT2D eigenvalue weighted by atomic mass is 16.5. The van der Waals surface area contributed by atoms with Crippen LogP contribution in [0.15, 0.2) is 30.6 Å². The first-order chi connectivity index (χ1) is 9.76. The Hall–Kier alpha value is -2.01. The van der Waals surface area contributed by atoms with E-state index in [4.69, 9.17) is 9.47 Å². The Bertz CT molecular complexity index is 566. The Morgan fingerprint density at radius 1 is 1.30 bits per heavy atom. The maximum absolute atomic E-state index is 5.52. The minimum atomic E-state index is -0.0463. The minimum absolute atomic E-state index is 0.0463. The van der Waals surface area contributed by atoms with Crippen LogP contribution in [0.25, 0.3) is 0 Å². The van der Waals surface area contributed by atoms with Crippen LogP contribution in [-0.4, -0.2) is 30.8 Å². The van der Waals surface area contributed by atoms with Gasteiger partial charge < -0.3 is 19.4 Å². The van der Waals surface area contributed by atoms with Gasteiger partial charge in [0.25, 0.3) is 0 Å². The fourth-order valence-electron chi connectivity index (χ4n) is 2.41. The summed E-state index contributed by atoms with van der Waals surface area (Å²) in [5, 5.41) is 3.30. The topological polar surface area (TPSA) is 48.3 Å². The summed E-state index contributed by atoms with van der Waals surface area (Å²) in [5.41, 5.74) is 1.01. The number of methoxy groups -OCH3 is 2. The summed E-state index contributed by atoms with van der Waals surface area (Å²) >= 11 is 0. The summed E-state index contributed by atoms with van der Waals surface area (Å²) in [6.07, 6.45) is 3.79. The molecule has 1 aromatic carbocycles. The lowest BCUT2D eigenvalue weighted by Gasteiger charge is -2.21. The predicted molar refractivity (Wildman–Crippen MR) is 78.3 cm³/mol. The van der Waals surface area contributed by atoms with E-state index >= 15 is 0 Å². The number of nitrogens with one attached hydrogen (secondary N) is 1. The van der Waals surface area contributed by atoms with Crippen molar-refractivity contribution in [1.82, 2.24) is 14.9 Å². The molecule has 1 heterocycles. The van der Waals surface area contributed by atoms with Gasteiger partial charge in [0.05, 0.1) is 20.3 Å². The molecule has 2 rings (SSSR count). The van der Waals surface area contributed by atoms with E-state index in [1.807, 2.05) is 37.6 Å². The van der Waals surface area contributed by atoms with Crippen molar-refractivity contribution in [2.75, 3.05) is 21.3 Å². The summed E-state index contributed by atoms with van der Waals surface area (Å²) in [5.74, 6) is 2.42. The Morgan fingerprint density at radius 2 is 2.10 bits per heavy atom. The highest BCUT2D eigenvalue weighted by molar-refractivity contribution is 5.49. The third kappa shape index (κ3) is 2.49. The smallest absolute Gasteiger partial charge is 0.165 e. The predicted octanol–water partition coefficient (Wildman–Crippen LogP) is 2.23. The second-order valence-corrected chi connectivity index (χ2v) is 4.38. The highest BCUT2D eigenvalue weighted by Crippen LogP contribution is 2.36. The molecule has 1 unspecified atom stereocenters. The van der Waals surface area contributed by atoms with Crippen LogP contribution in [0.5, 0.6) is 11.5 Å². The molecule has 5 nitrogen and oxygen atoms in total. The third-order valence-corrected chi connectivity index (χ3v) is 3.38. The summed E-state index contributed by atoms with van der Waals surface area (Å²) in [6.45, 7) is 2.97. The molecule has 0 amide bonds. The van der Waals surface area contributed by atoms with E-state index in [1.165, 1.54) is 0 Å². The molecule has 0 bridgehead atoms. The largest absolute Gasteiger partial charge is 0.493 e. The third-order valence-electron chi connectivity index (χ3n) is 3.38. The lowest BCUT2D eigenvalue weighted by atomic mass is 10.0. The Labute approximate surface area is 119 Å². The number of hydrogen-bond acceptors (Lipinski definition) is 4. The van der Waals surface area contributed by atoms with Crippen LogP contribution < -0.4 is 14.8 Å². The molecule has 0 radical (unpaired) electrons. The number of benzene rings is 1. The lowest BCUT2D eigenvalue weighted by Crippen LogP contribution is -2.22. The molecule has 0 saturated carbocycles. The molecule has 0 saturated heterocycles. The van der Waals surface area contributed by atoms with E-state index in [0.717, 1.165) is 29.4 Å². The van der Waals surface area contributed by atoms with Crippen molar-refractivity contribution in [3.8, 4) is 11.5 Å². The van der Waals surface area contributed by atoms with E-state index in [9.17, 15) is 0 Å². The first-order valence-electron chi connectivity index (χ1n) is 6.66. The summed E-state index contributed by atoms with van der Waals surface area (Å²) in [6, 6.07) is 5.83. The fourth-order valence-corrected chi connectivity index (χ4v) is 2.41. The summed E-state index contributed by atoms with van der Waals surface area (Å²) in [4.78, 5) is 4.47. The molecule has 0 spiro atoms. The second kappa shape index (κ2) is 6.43. The lowest BCUT2D eigenvalue weighted by molar-refractivity contribution is 0.348. The molecule has 0 aliphatic carbocycles. The number of hydrogen-bond donors (Lipinski definition) is 1. The maximum Gasteiger partial charge on any atom is 0.165 e. The first-order valence-corrected chi connectivity index (χ1v) is 6.66. The van der Waals surface area contributed by atoms with E-state index in [2.05, 4.69) is 21.8 Å². The SMILES string of the molecule is CCn1ccnc1C(NC)c1cccc(OC)c1OC. The normalized spacial score (nSPS) is 12.2. The van der Waals surface area contributed by atoms with Crippen LogP contribution in [0.1, 0.15) is 24.4 Å². The van der Waals surface area contributed by atoms with Crippen LogP contribution in [-0.2, 0) is 6.54 Å². The summed E-state index contributed by atoms with van der Waals surface area (Å²) < 4.78 is 13.0. The van der Waals surface area contributed by atoms with Crippen molar-refractivity contribution in [2.45, 2.75) is 19.5 Å². The number of nitrogens with zero attached hydrogens (tertiary/aromatic N) is 2. The molecule has 2 aromatic rings. The monoisotopic (exact) mass is 275 g/mol. The fraction of sp³-hybridized carbons (Fsp3) is 0.400. The molecule has 108 valence electrons. The average Bonchev–Trinajstić information content (AvgIpc) is 2.96. The van der Waals surface area contributed by atoms with Gasteiger partial charge in [0.2, 0.25) is 0 Å². The van der Waals surface area contributed by atoms with Gasteiger partial charge in [0.1, 0.15) is 5.82 Å². The van der Waals surface area contributed by atoms with Gasteiger partial charge in [0.15, 0.2) is 11.5 Å². The van der Waals surface area contributed by atoms with E-state index in [0.29, 0.717) is 0 Å². The van der Waals surface area contributed by atoms with Crippen molar-refractivity contribution in [3.63, 3.8) is 0 Å². The molecule has 1 N–H and O–H groups in total. The van der Waals surface area contributed by atoms with E-state index < -0.39 is 0 Å². The van der Waals surface area contributed by atoms with Gasteiger partial charge in [-0.3, -0.25) is 0 Å².